The maximum atomic E-state index is 12.5. The van der Waals surface area contributed by atoms with Gasteiger partial charge in [-0.3, -0.25) is 4.79 Å². The highest BCUT2D eigenvalue weighted by atomic mass is 32.2. The van der Waals surface area contributed by atoms with Gasteiger partial charge in [-0.1, -0.05) is 54.2 Å². The van der Waals surface area contributed by atoms with Crippen LogP contribution in [0.5, 0.6) is 5.75 Å². The zero-order chi connectivity index (χ0) is 20.6. The Hall–Kier alpha value is -2.80. The molecule has 2 aromatic carbocycles. The van der Waals surface area contributed by atoms with Gasteiger partial charge in [-0.15, -0.1) is 10.2 Å². The fourth-order valence-corrected chi connectivity index (χ4v) is 3.88. The lowest BCUT2D eigenvalue weighted by Gasteiger charge is -2.13. The quantitative estimate of drug-likeness (QED) is 0.543. The molecule has 1 aromatic heterocycles. The van der Waals surface area contributed by atoms with E-state index in [1.54, 1.807) is 7.11 Å². The minimum absolute atomic E-state index is 0.00424. The number of methoxy groups -OCH3 is 1. The van der Waals surface area contributed by atoms with E-state index in [9.17, 15) is 4.79 Å². The number of thioether (sulfide) groups is 1. The Balaban J connectivity index is 1.56. The zero-order valence-corrected chi connectivity index (χ0v) is 17.8. The van der Waals surface area contributed by atoms with Crippen LogP contribution in [0.25, 0.3) is 11.4 Å². The molecular weight excluding hydrogens is 384 g/mol. The molecular formula is C22H26N4O2S. The predicted octanol–water partition coefficient (Wildman–Crippen LogP) is 3.81. The van der Waals surface area contributed by atoms with Crippen LogP contribution >= 0.6 is 11.8 Å². The minimum atomic E-state index is -0.260. The van der Waals surface area contributed by atoms with Crippen molar-refractivity contribution in [1.29, 1.82) is 0 Å². The number of rotatable bonds is 9. The highest BCUT2D eigenvalue weighted by Gasteiger charge is 2.20. The first kappa shape index (κ1) is 20.9. The molecule has 6 nitrogen and oxygen atoms in total. The van der Waals surface area contributed by atoms with Crippen LogP contribution in [-0.2, 0) is 17.8 Å². The van der Waals surface area contributed by atoms with Crippen molar-refractivity contribution >= 4 is 17.7 Å². The van der Waals surface area contributed by atoms with Gasteiger partial charge in [0.1, 0.15) is 5.75 Å². The van der Waals surface area contributed by atoms with E-state index in [-0.39, 0.29) is 11.2 Å². The maximum Gasteiger partial charge on any atom is 0.233 e. The third kappa shape index (κ3) is 5.38. The molecule has 3 rings (SSSR count). The highest BCUT2D eigenvalue weighted by Crippen LogP contribution is 2.26. The van der Waals surface area contributed by atoms with Crippen LogP contribution in [0.3, 0.4) is 0 Å². The average molecular weight is 411 g/mol. The van der Waals surface area contributed by atoms with Crippen molar-refractivity contribution in [3.05, 3.63) is 60.2 Å². The minimum Gasteiger partial charge on any atom is -0.497 e. The van der Waals surface area contributed by atoms with Gasteiger partial charge in [-0.05, 0) is 38.0 Å². The van der Waals surface area contributed by atoms with Crippen molar-refractivity contribution in [1.82, 2.24) is 20.1 Å². The van der Waals surface area contributed by atoms with Gasteiger partial charge in [0.15, 0.2) is 11.0 Å². The van der Waals surface area contributed by atoms with Crippen LogP contribution in [0, 0.1) is 0 Å². The summed E-state index contributed by atoms with van der Waals surface area (Å²) in [6, 6.07) is 17.8. The molecule has 0 aliphatic heterocycles. The molecule has 152 valence electrons. The normalized spacial score (nSPS) is 11.8. The molecule has 1 amide bonds. The number of ether oxygens (including phenoxy) is 1. The van der Waals surface area contributed by atoms with Crippen LogP contribution < -0.4 is 10.1 Å². The number of hydrogen-bond acceptors (Lipinski definition) is 5. The molecule has 1 atom stereocenters. The number of nitrogens with one attached hydrogen (secondary N) is 1. The molecule has 0 aliphatic carbocycles. The summed E-state index contributed by atoms with van der Waals surface area (Å²) in [6.45, 7) is 5.28. The number of carbonyl (C=O) groups is 1. The summed E-state index contributed by atoms with van der Waals surface area (Å²) in [6.07, 6.45) is 0.774. The second-order valence-electron chi connectivity index (χ2n) is 6.57. The average Bonchev–Trinajstić information content (AvgIpc) is 3.17. The molecule has 0 bridgehead atoms. The van der Waals surface area contributed by atoms with E-state index in [1.807, 2.05) is 66.1 Å². The molecule has 29 heavy (non-hydrogen) atoms. The Labute approximate surface area is 175 Å². The first-order valence-corrected chi connectivity index (χ1v) is 10.6. The van der Waals surface area contributed by atoms with E-state index >= 15 is 0 Å². The predicted molar refractivity (Wildman–Crippen MR) is 116 cm³/mol. The molecule has 0 saturated carbocycles. The molecule has 0 aliphatic rings. The summed E-state index contributed by atoms with van der Waals surface area (Å²) in [5, 5.41) is 12.2. The van der Waals surface area contributed by atoms with Gasteiger partial charge in [0.25, 0.3) is 0 Å². The van der Waals surface area contributed by atoms with Gasteiger partial charge < -0.3 is 14.6 Å². The van der Waals surface area contributed by atoms with Gasteiger partial charge in [-0.25, -0.2) is 0 Å². The second kappa shape index (κ2) is 10.1. The number of nitrogens with zero attached hydrogens (tertiary/aromatic N) is 3. The summed E-state index contributed by atoms with van der Waals surface area (Å²) in [4.78, 5) is 12.5. The second-order valence-corrected chi connectivity index (χ2v) is 7.87. The third-order valence-electron chi connectivity index (χ3n) is 4.59. The standard InChI is InChI=1S/C22H26N4O2S/c1-4-26-20(18-8-6-5-7-9-18)24-25-22(26)29-16(2)21(27)23-15-14-17-10-12-19(28-3)13-11-17/h5-13,16H,4,14-15H2,1-3H3,(H,23,27)/t16-/m1/s1. The lowest BCUT2D eigenvalue weighted by Crippen LogP contribution is -2.32. The van der Waals surface area contributed by atoms with Crippen molar-refractivity contribution < 1.29 is 9.53 Å². The molecule has 0 fully saturated rings. The van der Waals surface area contributed by atoms with E-state index in [4.69, 9.17) is 4.74 Å². The zero-order valence-electron chi connectivity index (χ0n) is 17.0. The SMILES string of the molecule is CCn1c(S[C@H](C)C(=O)NCCc2ccc(OC)cc2)nnc1-c1ccccc1. The fraction of sp³-hybridized carbons (Fsp3) is 0.318. The number of benzene rings is 2. The first-order chi connectivity index (χ1) is 14.1. The van der Waals surface area contributed by atoms with Crippen molar-refractivity contribution in [2.45, 2.75) is 37.2 Å². The Kier molecular flexibility index (Phi) is 7.30. The Morgan fingerprint density at radius 3 is 2.52 bits per heavy atom. The Morgan fingerprint density at radius 2 is 1.86 bits per heavy atom. The van der Waals surface area contributed by atoms with Crippen molar-refractivity contribution in [3.63, 3.8) is 0 Å². The molecule has 1 heterocycles. The summed E-state index contributed by atoms with van der Waals surface area (Å²) >= 11 is 1.43. The fourth-order valence-electron chi connectivity index (χ4n) is 2.94. The number of hydrogen-bond donors (Lipinski definition) is 1. The monoisotopic (exact) mass is 410 g/mol. The summed E-state index contributed by atoms with van der Waals surface area (Å²) < 4.78 is 7.21. The summed E-state index contributed by atoms with van der Waals surface area (Å²) in [5.74, 6) is 1.65. The van der Waals surface area contributed by atoms with E-state index in [0.29, 0.717) is 6.54 Å². The topological polar surface area (TPSA) is 69.0 Å². The summed E-state index contributed by atoms with van der Waals surface area (Å²) in [7, 11) is 1.65. The van der Waals surface area contributed by atoms with Crippen molar-refractivity contribution in [3.8, 4) is 17.1 Å². The third-order valence-corrected chi connectivity index (χ3v) is 5.67. The van der Waals surface area contributed by atoms with Crippen molar-refractivity contribution in [2.24, 2.45) is 0 Å². The molecule has 0 spiro atoms. The van der Waals surface area contributed by atoms with Crippen LogP contribution in [0.4, 0.5) is 0 Å². The van der Waals surface area contributed by atoms with Crippen LogP contribution in [0.15, 0.2) is 59.8 Å². The van der Waals surface area contributed by atoms with Crippen LogP contribution in [0.1, 0.15) is 19.4 Å². The molecule has 0 saturated heterocycles. The number of amides is 1. The van der Waals surface area contributed by atoms with Crippen LogP contribution in [-0.4, -0.2) is 39.6 Å². The van der Waals surface area contributed by atoms with Gasteiger partial charge in [0, 0.05) is 18.7 Å². The lowest BCUT2D eigenvalue weighted by molar-refractivity contribution is -0.120. The van der Waals surface area contributed by atoms with Crippen LogP contribution in [0.2, 0.25) is 0 Å². The van der Waals surface area contributed by atoms with Gasteiger partial charge in [0.05, 0.1) is 12.4 Å². The van der Waals surface area contributed by atoms with Gasteiger partial charge >= 0.3 is 0 Å². The maximum absolute atomic E-state index is 12.5. The van der Waals surface area contributed by atoms with Gasteiger partial charge in [-0.2, -0.15) is 0 Å². The molecule has 0 radical (unpaired) electrons. The van der Waals surface area contributed by atoms with E-state index in [0.717, 1.165) is 40.8 Å². The van der Waals surface area contributed by atoms with E-state index < -0.39 is 0 Å². The largest absolute Gasteiger partial charge is 0.497 e. The molecule has 1 N–H and O–H groups in total. The number of carbonyl (C=O) groups excluding carboxylic acids is 1. The Bertz CT molecular complexity index is 926. The van der Waals surface area contributed by atoms with E-state index in [2.05, 4.69) is 22.4 Å². The first-order valence-electron chi connectivity index (χ1n) is 9.68. The molecule has 3 aromatic rings. The molecule has 7 heteroatoms. The lowest BCUT2D eigenvalue weighted by atomic mass is 10.1. The van der Waals surface area contributed by atoms with E-state index in [1.165, 1.54) is 11.8 Å². The highest BCUT2D eigenvalue weighted by molar-refractivity contribution is 8.00. The molecule has 0 unspecified atom stereocenters. The number of aromatic nitrogens is 3. The Morgan fingerprint density at radius 1 is 1.14 bits per heavy atom. The van der Waals surface area contributed by atoms with Crippen molar-refractivity contribution in [2.75, 3.05) is 13.7 Å². The van der Waals surface area contributed by atoms with Gasteiger partial charge in [0.2, 0.25) is 5.91 Å². The summed E-state index contributed by atoms with van der Waals surface area (Å²) in [5.41, 5.74) is 2.18. The smallest absolute Gasteiger partial charge is 0.233 e.